The van der Waals surface area contributed by atoms with Crippen LogP contribution in [0.25, 0.3) is 11.0 Å². The van der Waals surface area contributed by atoms with E-state index in [4.69, 9.17) is 11.5 Å². The topological polar surface area (TPSA) is 69.9 Å². The van der Waals surface area contributed by atoms with Gasteiger partial charge in [0.25, 0.3) is 0 Å². The molecule has 2 rings (SSSR count). The van der Waals surface area contributed by atoms with Gasteiger partial charge < -0.3 is 16.0 Å². The molecule has 0 aliphatic heterocycles. The number of benzene rings is 1. The highest BCUT2D eigenvalue weighted by Crippen LogP contribution is 2.18. The summed E-state index contributed by atoms with van der Waals surface area (Å²) in [6.07, 6.45) is 0. The Balaban J connectivity index is 2.88. The second-order valence-corrected chi connectivity index (χ2v) is 2.78. The normalized spacial score (nSPS) is 10.8. The molecule has 0 bridgehead atoms. The molecule has 4 nitrogen and oxygen atoms in total. The van der Waals surface area contributed by atoms with Crippen LogP contribution in [0.2, 0.25) is 0 Å². The van der Waals surface area contributed by atoms with Crippen molar-refractivity contribution < 1.29 is 0 Å². The smallest absolute Gasteiger partial charge is 0.200 e. The number of imidazole rings is 1. The lowest BCUT2D eigenvalue weighted by molar-refractivity contribution is 0.965. The Morgan fingerprint density at radius 1 is 1.33 bits per heavy atom. The number of hydrogen-bond donors (Lipinski definition) is 2. The number of rotatable bonds is 0. The summed E-state index contributed by atoms with van der Waals surface area (Å²) in [7, 11) is 1.87. The van der Waals surface area contributed by atoms with Crippen LogP contribution >= 0.6 is 0 Å². The van der Waals surface area contributed by atoms with Crippen molar-refractivity contribution in [1.29, 1.82) is 0 Å². The number of fused-ring (bicyclic) bond motifs is 1. The van der Waals surface area contributed by atoms with Gasteiger partial charge in [-0.1, -0.05) is 0 Å². The average Bonchev–Trinajstić information content (AvgIpc) is 2.31. The molecule has 2 aromatic rings. The minimum atomic E-state index is 0.510. The molecule has 1 aromatic carbocycles. The van der Waals surface area contributed by atoms with E-state index in [0.717, 1.165) is 16.7 Å². The van der Waals surface area contributed by atoms with Crippen molar-refractivity contribution in [3.8, 4) is 0 Å². The first-order valence-electron chi connectivity index (χ1n) is 3.66. The number of aryl methyl sites for hydroxylation is 1. The first-order valence-corrected chi connectivity index (χ1v) is 3.66. The van der Waals surface area contributed by atoms with Crippen LogP contribution < -0.4 is 11.5 Å². The van der Waals surface area contributed by atoms with Gasteiger partial charge in [-0.15, -0.1) is 0 Å². The van der Waals surface area contributed by atoms with E-state index in [1.54, 1.807) is 0 Å². The number of anilines is 2. The molecule has 1 aromatic heterocycles. The predicted octanol–water partition coefficient (Wildman–Crippen LogP) is 0.738. The number of hydrogen-bond acceptors (Lipinski definition) is 3. The summed E-state index contributed by atoms with van der Waals surface area (Å²) in [6, 6.07) is 5.54. The molecule has 4 heteroatoms. The third-order valence-corrected chi connectivity index (χ3v) is 1.94. The van der Waals surface area contributed by atoms with E-state index in [1.165, 1.54) is 0 Å². The zero-order valence-electron chi connectivity index (χ0n) is 6.78. The highest BCUT2D eigenvalue weighted by molar-refractivity contribution is 5.81. The van der Waals surface area contributed by atoms with E-state index in [0.29, 0.717) is 5.95 Å². The van der Waals surface area contributed by atoms with E-state index in [2.05, 4.69) is 4.98 Å². The molecule has 0 fully saturated rings. The first-order chi connectivity index (χ1) is 5.68. The summed E-state index contributed by atoms with van der Waals surface area (Å²) in [4.78, 5) is 4.14. The van der Waals surface area contributed by atoms with E-state index >= 15 is 0 Å². The number of aromatic nitrogens is 2. The van der Waals surface area contributed by atoms with E-state index < -0.39 is 0 Å². The van der Waals surface area contributed by atoms with E-state index in [9.17, 15) is 0 Å². The fraction of sp³-hybridized carbons (Fsp3) is 0.125. The maximum Gasteiger partial charge on any atom is 0.200 e. The lowest BCUT2D eigenvalue weighted by atomic mass is 10.3. The molecular weight excluding hydrogens is 152 g/mol. The van der Waals surface area contributed by atoms with Crippen LogP contribution in [0.1, 0.15) is 0 Å². The van der Waals surface area contributed by atoms with Gasteiger partial charge in [0, 0.05) is 12.7 Å². The Bertz CT molecular complexity index is 430. The van der Waals surface area contributed by atoms with Crippen molar-refractivity contribution in [2.24, 2.45) is 7.05 Å². The summed E-state index contributed by atoms with van der Waals surface area (Å²) >= 11 is 0. The monoisotopic (exact) mass is 162 g/mol. The fourth-order valence-corrected chi connectivity index (χ4v) is 1.23. The average molecular weight is 162 g/mol. The standard InChI is InChI=1S/C8H10N4/c1-12-7-4-5(9)2-3-6(7)11-8(12)10/h2-4H,9H2,1H3,(H2,10,11). The molecule has 0 saturated carbocycles. The van der Waals surface area contributed by atoms with Crippen LogP contribution in [-0.4, -0.2) is 9.55 Å². The fourth-order valence-electron chi connectivity index (χ4n) is 1.23. The van der Waals surface area contributed by atoms with Gasteiger partial charge in [-0.3, -0.25) is 0 Å². The summed E-state index contributed by atoms with van der Waals surface area (Å²) < 4.78 is 1.81. The molecule has 12 heavy (non-hydrogen) atoms. The quantitative estimate of drug-likeness (QED) is 0.561. The Hall–Kier alpha value is -1.71. The van der Waals surface area contributed by atoms with Crippen LogP contribution in [0.4, 0.5) is 11.6 Å². The summed E-state index contributed by atoms with van der Waals surface area (Å²) in [6.45, 7) is 0. The molecule has 0 radical (unpaired) electrons. The maximum absolute atomic E-state index is 5.62. The lowest BCUT2D eigenvalue weighted by Gasteiger charge is -1.96. The van der Waals surface area contributed by atoms with Crippen LogP contribution in [0.3, 0.4) is 0 Å². The number of nitrogens with zero attached hydrogens (tertiary/aromatic N) is 2. The van der Waals surface area contributed by atoms with Gasteiger partial charge in [-0.25, -0.2) is 4.98 Å². The highest BCUT2D eigenvalue weighted by Gasteiger charge is 2.03. The number of nitrogen functional groups attached to an aromatic ring is 2. The molecule has 0 amide bonds. The van der Waals surface area contributed by atoms with Crippen LogP contribution in [0, 0.1) is 0 Å². The van der Waals surface area contributed by atoms with Gasteiger partial charge in [0.15, 0.2) is 0 Å². The minimum Gasteiger partial charge on any atom is -0.399 e. The second kappa shape index (κ2) is 2.14. The SMILES string of the molecule is Cn1c(N)nc2ccc(N)cc21. The Labute approximate surface area is 69.8 Å². The van der Waals surface area contributed by atoms with Crippen LogP contribution in [0.15, 0.2) is 18.2 Å². The van der Waals surface area contributed by atoms with E-state index in [-0.39, 0.29) is 0 Å². The highest BCUT2D eigenvalue weighted by atomic mass is 15.1. The van der Waals surface area contributed by atoms with Crippen molar-refractivity contribution >= 4 is 22.7 Å². The van der Waals surface area contributed by atoms with Crippen LogP contribution in [-0.2, 0) is 7.05 Å². The second-order valence-electron chi connectivity index (χ2n) is 2.78. The third-order valence-electron chi connectivity index (χ3n) is 1.94. The Kier molecular flexibility index (Phi) is 1.24. The molecule has 1 heterocycles. The molecule has 0 spiro atoms. The summed E-state index contributed by atoms with van der Waals surface area (Å²) in [5.74, 6) is 0.510. The largest absolute Gasteiger partial charge is 0.399 e. The van der Waals surface area contributed by atoms with Gasteiger partial charge in [0.05, 0.1) is 11.0 Å². The van der Waals surface area contributed by atoms with Gasteiger partial charge in [-0.2, -0.15) is 0 Å². The Morgan fingerprint density at radius 3 is 2.83 bits per heavy atom. The molecule has 0 aliphatic carbocycles. The van der Waals surface area contributed by atoms with Crippen molar-refractivity contribution in [3.63, 3.8) is 0 Å². The van der Waals surface area contributed by atoms with E-state index in [1.807, 2.05) is 29.8 Å². The van der Waals surface area contributed by atoms with Gasteiger partial charge in [0.2, 0.25) is 5.95 Å². The molecular formula is C8H10N4. The zero-order valence-corrected chi connectivity index (χ0v) is 6.78. The lowest BCUT2D eigenvalue weighted by Crippen LogP contribution is -1.96. The Morgan fingerprint density at radius 2 is 2.08 bits per heavy atom. The van der Waals surface area contributed by atoms with Crippen molar-refractivity contribution in [3.05, 3.63) is 18.2 Å². The molecule has 0 aliphatic rings. The van der Waals surface area contributed by atoms with Crippen molar-refractivity contribution in [2.75, 3.05) is 11.5 Å². The van der Waals surface area contributed by atoms with Gasteiger partial charge in [-0.05, 0) is 18.2 Å². The summed E-state index contributed by atoms with van der Waals surface area (Å²) in [5.41, 5.74) is 13.8. The van der Waals surface area contributed by atoms with Crippen molar-refractivity contribution in [1.82, 2.24) is 9.55 Å². The molecule has 0 atom stereocenters. The number of nitrogens with two attached hydrogens (primary N) is 2. The van der Waals surface area contributed by atoms with Crippen LogP contribution in [0.5, 0.6) is 0 Å². The summed E-state index contributed by atoms with van der Waals surface area (Å²) in [5, 5.41) is 0. The predicted molar refractivity (Wildman–Crippen MR) is 49.5 cm³/mol. The third kappa shape index (κ3) is 0.812. The molecule has 4 N–H and O–H groups in total. The van der Waals surface area contributed by atoms with Gasteiger partial charge in [0.1, 0.15) is 0 Å². The molecule has 0 unspecified atom stereocenters. The minimum absolute atomic E-state index is 0.510. The molecule has 0 saturated heterocycles. The van der Waals surface area contributed by atoms with Crippen molar-refractivity contribution in [2.45, 2.75) is 0 Å². The molecule has 62 valence electrons. The van der Waals surface area contributed by atoms with Gasteiger partial charge >= 0.3 is 0 Å². The first kappa shape index (κ1) is 6.97. The zero-order chi connectivity index (χ0) is 8.72. The maximum atomic E-state index is 5.62.